The molecule has 0 saturated carbocycles. The third-order valence-corrected chi connectivity index (χ3v) is 3.64. The Labute approximate surface area is 111 Å². The quantitative estimate of drug-likeness (QED) is 0.467. The van der Waals surface area contributed by atoms with Crippen molar-refractivity contribution in [1.82, 2.24) is 0 Å². The minimum atomic E-state index is -0.806. The Balaban J connectivity index is 2.37. The summed E-state index contributed by atoms with van der Waals surface area (Å²) in [5.74, 6) is -0.682. The number of hydrogen-bond donors (Lipinski definition) is 0. The van der Waals surface area contributed by atoms with Crippen molar-refractivity contribution in [3.63, 3.8) is 0 Å². The van der Waals surface area contributed by atoms with E-state index in [2.05, 4.69) is 0 Å². The molecule has 1 fully saturated rings. The molecule has 1 aliphatic heterocycles. The molecule has 0 aromatic heterocycles. The minimum absolute atomic E-state index is 0.311. The van der Waals surface area contributed by atoms with Gasteiger partial charge in [0.25, 0.3) is 5.69 Å². The van der Waals surface area contributed by atoms with E-state index in [9.17, 15) is 14.5 Å². The van der Waals surface area contributed by atoms with Crippen molar-refractivity contribution in [2.24, 2.45) is 0 Å². The first-order valence-electron chi connectivity index (χ1n) is 5.93. The maximum absolute atomic E-state index is 13.4. The van der Waals surface area contributed by atoms with Crippen molar-refractivity contribution in [1.29, 1.82) is 0 Å². The van der Waals surface area contributed by atoms with Crippen LogP contribution in [0.5, 0.6) is 0 Å². The van der Waals surface area contributed by atoms with Gasteiger partial charge in [-0.15, -0.1) is 0 Å². The fourth-order valence-corrected chi connectivity index (χ4v) is 1.82. The average molecular weight is 267 g/mol. The molecule has 0 bridgehead atoms. The van der Waals surface area contributed by atoms with Crippen LogP contribution in [-0.2, 0) is 9.31 Å². The molecule has 1 saturated heterocycles. The van der Waals surface area contributed by atoms with Crippen LogP contribution in [0, 0.1) is 15.9 Å². The Hall–Kier alpha value is -1.47. The van der Waals surface area contributed by atoms with Crippen LogP contribution in [-0.4, -0.2) is 23.2 Å². The molecule has 0 radical (unpaired) electrons. The first-order chi connectivity index (χ1) is 8.62. The Kier molecular flexibility index (Phi) is 3.14. The van der Waals surface area contributed by atoms with E-state index in [1.165, 1.54) is 12.1 Å². The second kappa shape index (κ2) is 4.28. The lowest BCUT2D eigenvalue weighted by molar-refractivity contribution is -0.385. The molecule has 0 atom stereocenters. The number of nitro groups is 1. The van der Waals surface area contributed by atoms with Crippen LogP contribution in [0.25, 0.3) is 0 Å². The molecule has 1 heterocycles. The standard InChI is InChI=1S/C12H15BFNO4/c1-11(2)12(3,4)19-13(18-11)8-5-9(14)7-10(6-8)15(16)17/h5-7H,1-4H3. The Morgan fingerprint density at radius 3 is 2.16 bits per heavy atom. The average Bonchev–Trinajstić information content (AvgIpc) is 2.47. The van der Waals surface area contributed by atoms with Crippen molar-refractivity contribution in [3.05, 3.63) is 34.1 Å². The summed E-state index contributed by atoms with van der Waals surface area (Å²) in [5.41, 5.74) is -1.15. The summed E-state index contributed by atoms with van der Waals surface area (Å²) in [6.45, 7) is 7.45. The first-order valence-corrected chi connectivity index (χ1v) is 5.93. The molecule has 0 spiro atoms. The summed E-state index contributed by atoms with van der Waals surface area (Å²) in [5, 5.41) is 10.7. The topological polar surface area (TPSA) is 61.6 Å². The molecule has 5 nitrogen and oxygen atoms in total. The predicted octanol–water partition coefficient (Wildman–Crippen LogP) is 2.03. The summed E-state index contributed by atoms with van der Waals surface area (Å²) in [6.07, 6.45) is 0. The zero-order valence-electron chi connectivity index (χ0n) is 11.3. The maximum atomic E-state index is 13.4. The van der Waals surface area contributed by atoms with Gasteiger partial charge in [0, 0.05) is 6.07 Å². The Morgan fingerprint density at radius 2 is 1.68 bits per heavy atom. The molecule has 1 aromatic carbocycles. The number of nitro benzene ring substituents is 1. The van der Waals surface area contributed by atoms with E-state index in [0.717, 1.165) is 6.07 Å². The van der Waals surface area contributed by atoms with Crippen LogP contribution in [0.2, 0.25) is 0 Å². The van der Waals surface area contributed by atoms with E-state index in [-0.39, 0.29) is 5.69 Å². The smallest absolute Gasteiger partial charge is 0.399 e. The molecule has 2 rings (SSSR count). The molecular formula is C12H15BFNO4. The van der Waals surface area contributed by atoms with Gasteiger partial charge in [0.05, 0.1) is 22.2 Å². The molecule has 0 amide bonds. The lowest BCUT2D eigenvalue weighted by Crippen LogP contribution is -2.41. The summed E-state index contributed by atoms with van der Waals surface area (Å²) in [7, 11) is -0.806. The predicted molar refractivity (Wildman–Crippen MR) is 68.8 cm³/mol. The van der Waals surface area contributed by atoms with E-state index in [4.69, 9.17) is 9.31 Å². The van der Waals surface area contributed by atoms with Crippen molar-refractivity contribution < 1.29 is 18.6 Å². The van der Waals surface area contributed by atoms with Crippen LogP contribution in [0.3, 0.4) is 0 Å². The van der Waals surface area contributed by atoms with Crippen molar-refractivity contribution in [3.8, 4) is 0 Å². The highest BCUT2D eigenvalue weighted by Crippen LogP contribution is 2.36. The number of nitrogens with zero attached hydrogens (tertiary/aromatic N) is 1. The Morgan fingerprint density at radius 1 is 1.16 bits per heavy atom. The van der Waals surface area contributed by atoms with E-state index in [1.807, 2.05) is 27.7 Å². The van der Waals surface area contributed by atoms with Crippen LogP contribution in [0.1, 0.15) is 27.7 Å². The highest BCUT2D eigenvalue weighted by Gasteiger charge is 2.52. The number of rotatable bonds is 2. The van der Waals surface area contributed by atoms with Crippen LogP contribution in [0.4, 0.5) is 10.1 Å². The van der Waals surface area contributed by atoms with Crippen LogP contribution >= 0.6 is 0 Å². The van der Waals surface area contributed by atoms with E-state index < -0.39 is 29.1 Å². The number of non-ortho nitro benzene ring substituents is 1. The Bertz CT molecular complexity index is 516. The fraction of sp³-hybridized carbons (Fsp3) is 0.500. The fourth-order valence-electron chi connectivity index (χ4n) is 1.82. The van der Waals surface area contributed by atoms with Gasteiger partial charge >= 0.3 is 7.12 Å². The van der Waals surface area contributed by atoms with Gasteiger partial charge in [-0.05, 0) is 39.2 Å². The monoisotopic (exact) mass is 267 g/mol. The summed E-state index contributed by atoms with van der Waals surface area (Å²) in [6, 6.07) is 3.33. The number of halogens is 1. The molecule has 19 heavy (non-hydrogen) atoms. The third-order valence-electron chi connectivity index (χ3n) is 3.64. The van der Waals surface area contributed by atoms with E-state index in [1.54, 1.807) is 0 Å². The minimum Gasteiger partial charge on any atom is -0.399 e. The molecule has 7 heteroatoms. The van der Waals surface area contributed by atoms with Gasteiger partial charge in [-0.3, -0.25) is 10.1 Å². The van der Waals surface area contributed by atoms with Gasteiger partial charge in [0.15, 0.2) is 0 Å². The highest BCUT2D eigenvalue weighted by atomic mass is 19.1. The number of hydrogen-bond acceptors (Lipinski definition) is 4. The van der Waals surface area contributed by atoms with E-state index >= 15 is 0 Å². The summed E-state index contributed by atoms with van der Waals surface area (Å²) in [4.78, 5) is 10.1. The molecule has 1 aromatic rings. The van der Waals surface area contributed by atoms with E-state index in [0.29, 0.717) is 5.46 Å². The van der Waals surface area contributed by atoms with Gasteiger partial charge < -0.3 is 9.31 Å². The SMILES string of the molecule is CC1(C)OB(c2cc(F)cc([N+](=O)[O-])c2)OC1(C)C. The normalized spacial score (nSPS) is 20.6. The second-order valence-electron chi connectivity index (χ2n) is 5.59. The molecule has 0 N–H and O–H groups in total. The lowest BCUT2D eigenvalue weighted by Gasteiger charge is -2.32. The third kappa shape index (κ3) is 2.48. The van der Waals surface area contributed by atoms with Crippen LogP contribution < -0.4 is 5.46 Å². The van der Waals surface area contributed by atoms with Crippen LogP contribution in [0.15, 0.2) is 18.2 Å². The zero-order valence-corrected chi connectivity index (χ0v) is 11.3. The van der Waals surface area contributed by atoms with Crippen molar-refractivity contribution >= 4 is 18.3 Å². The van der Waals surface area contributed by atoms with Crippen molar-refractivity contribution in [2.75, 3.05) is 0 Å². The van der Waals surface area contributed by atoms with Gasteiger partial charge in [0.2, 0.25) is 0 Å². The largest absolute Gasteiger partial charge is 0.495 e. The van der Waals surface area contributed by atoms with Gasteiger partial charge in [-0.2, -0.15) is 0 Å². The molecule has 0 unspecified atom stereocenters. The van der Waals surface area contributed by atoms with Gasteiger partial charge in [-0.25, -0.2) is 4.39 Å². The summed E-state index contributed by atoms with van der Waals surface area (Å²) < 4.78 is 24.9. The molecule has 1 aliphatic rings. The first kappa shape index (κ1) is 14.0. The lowest BCUT2D eigenvalue weighted by atomic mass is 9.79. The van der Waals surface area contributed by atoms with Crippen molar-refractivity contribution in [2.45, 2.75) is 38.9 Å². The highest BCUT2D eigenvalue weighted by molar-refractivity contribution is 6.62. The van der Waals surface area contributed by atoms with Gasteiger partial charge in [0.1, 0.15) is 5.82 Å². The molecular weight excluding hydrogens is 252 g/mol. The van der Waals surface area contributed by atoms with Gasteiger partial charge in [-0.1, -0.05) is 0 Å². The zero-order chi connectivity index (χ0) is 14.4. The molecule has 102 valence electrons. The molecule has 0 aliphatic carbocycles. The maximum Gasteiger partial charge on any atom is 0.495 e. The number of benzene rings is 1. The summed E-state index contributed by atoms with van der Waals surface area (Å²) >= 11 is 0. The second-order valence-corrected chi connectivity index (χ2v) is 5.59.